The van der Waals surface area contributed by atoms with E-state index in [1.807, 2.05) is 0 Å². The number of nitrogens with one attached hydrogen (secondary N) is 1. The van der Waals surface area contributed by atoms with Gasteiger partial charge in [0, 0.05) is 12.7 Å². The third-order valence-corrected chi connectivity index (χ3v) is 6.35. The lowest BCUT2D eigenvalue weighted by Gasteiger charge is -2.56. The fourth-order valence-corrected chi connectivity index (χ4v) is 5.80. The monoisotopic (exact) mass is 344 g/mol. The van der Waals surface area contributed by atoms with Gasteiger partial charge < -0.3 is 10.2 Å². The minimum atomic E-state index is -0.341. The number of benzene rings is 1. The van der Waals surface area contributed by atoms with Crippen LogP contribution in [0.15, 0.2) is 24.3 Å². The van der Waals surface area contributed by atoms with Crippen LogP contribution in [-0.4, -0.2) is 30.3 Å². The van der Waals surface area contributed by atoms with Crippen molar-refractivity contribution in [3.8, 4) is 0 Å². The first-order chi connectivity index (χ1) is 11.9. The fraction of sp³-hybridized carbons (Fsp3) is 0.600. The molecule has 0 atom stereocenters. The molecule has 1 aromatic rings. The van der Waals surface area contributed by atoms with Gasteiger partial charge in [0.05, 0.1) is 12.0 Å². The maximum Gasteiger partial charge on any atom is 0.243 e. The summed E-state index contributed by atoms with van der Waals surface area (Å²) in [6, 6.07) is 5.65. The van der Waals surface area contributed by atoms with Crippen LogP contribution in [0.1, 0.15) is 38.5 Å². The smallest absolute Gasteiger partial charge is 0.243 e. The average Bonchev–Trinajstić information content (AvgIpc) is 2.55. The first-order valence-electron chi connectivity index (χ1n) is 9.24. The molecule has 2 amide bonds. The minimum absolute atomic E-state index is 0.0396. The van der Waals surface area contributed by atoms with Crippen molar-refractivity contribution in [3.05, 3.63) is 30.1 Å². The number of rotatable bonds is 4. The molecule has 0 heterocycles. The third kappa shape index (κ3) is 3.16. The van der Waals surface area contributed by atoms with E-state index < -0.39 is 0 Å². The Balaban J connectivity index is 1.39. The van der Waals surface area contributed by atoms with E-state index in [1.165, 1.54) is 43.5 Å². The lowest BCUT2D eigenvalue weighted by atomic mass is 9.49. The predicted octanol–water partition coefficient (Wildman–Crippen LogP) is 3.44. The number of amides is 2. The van der Waals surface area contributed by atoms with E-state index in [9.17, 15) is 14.0 Å². The van der Waals surface area contributed by atoms with Crippen LogP contribution in [0.5, 0.6) is 0 Å². The zero-order chi connectivity index (χ0) is 17.6. The highest BCUT2D eigenvalue weighted by Gasteiger charge is 2.55. The van der Waals surface area contributed by atoms with E-state index in [1.54, 1.807) is 11.9 Å². The summed E-state index contributed by atoms with van der Waals surface area (Å²) in [6.45, 7) is 0.0396. The zero-order valence-corrected chi connectivity index (χ0v) is 14.6. The Bertz CT molecular complexity index is 650. The Labute approximate surface area is 147 Å². The molecule has 4 nitrogen and oxygen atoms in total. The van der Waals surface area contributed by atoms with Crippen LogP contribution in [0, 0.1) is 29.0 Å². The molecule has 0 unspecified atom stereocenters. The molecule has 5 heteroatoms. The van der Waals surface area contributed by atoms with E-state index in [0.717, 1.165) is 19.3 Å². The van der Waals surface area contributed by atoms with Crippen molar-refractivity contribution in [2.75, 3.05) is 18.9 Å². The largest absolute Gasteiger partial charge is 0.336 e. The Morgan fingerprint density at radius 1 is 1.08 bits per heavy atom. The number of nitrogens with zero attached hydrogens (tertiary/aromatic N) is 1. The number of carbonyl (C=O) groups is 2. The normalized spacial score (nSPS) is 32.5. The molecule has 1 N–H and O–H groups in total. The number of likely N-dealkylation sites (N-methyl/N-ethyl adjacent to an activating group) is 1. The summed E-state index contributed by atoms with van der Waals surface area (Å²) in [6.07, 6.45) is 6.88. The molecule has 4 aliphatic carbocycles. The molecule has 134 valence electrons. The van der Waals surface area contributed by atoms with Crippen LogP contribution >= 0.6 is 0 Å². The Morgan fingerprint density at radius 2 is 1.60 bits per heavy atom. The van der Waals surface area contributed by atoms with Crippen molar-refractivity contribution < 1.29 is 14.0 Å². The maximum absolute atomic E-state index is 13.1. The number of hydrogen-bond acceptors (Lipinski definition) is 2. The lowest BCUT2D eigenvalue weighted by Crippen LogP contribution is -2.54. The summed E-state index contributed by atoms with van der Waals surface area (Å²) in [4.78, 5) is 27.0. The summed E-state index contributed by atoms with van der Waals surface area (Å²) in [5.74, 6) is 1.67. The summed E-state index contributed by atoms with van der Waals surface area (Å²) in [5, 5.41) is 2.73. The quantitative estimate of drug-likeness (QED) is 0.910. The highest BCUT2D eigenvalue weighted by Crippen LogP contribution is 2.60. The zero-order valence-electron chi connectivity index (χ0n) is 14.6. The van der Waals surface area contributed by atoms with Gasteiger partial charge in [-0.2, -0.15) is 0 Å². The molecule has 4 saturated carbocycles. The highest BCUT2D eigenvalue weighted by atomic mass is 19.1. The van der Waals surface area contributed by atoms with E-state index in [0.29, 0.717) is 23.4 Å². The molecule has 4 bridgehead atoms. The van der Waals surface area contributed by atoms with Crippen LogP contribution in [-0.2, 0) is 9.59 Å². The maximum atomic E-state index is 13.1. The Kier molecular flexibility index (Phi) is 4.05. The standard InChI is InChI=1S/C20H25FN2O2/c1-23(12-18(24)22-17-4-2-16(21)3-5-17)19(25)20-9-13-6-14(10-20)8-15(7-13)11-20/h2-5,13-15H,6-12H2,1H3,(H,22,24). The Morgan fingerprint density at radius 3 is 2.12 bits per heavy atom. The van der Waals surface area contributed by atoms with Crippen molar-refractivity contribution in [2.24, 2.45) is 23.2 Å². The van der Waals surface area contributed by atoms with Gasteiger partial charge in [0.2, 0.25) is 11.8 Å². The molecular weight excluding hydrogens is 319 g/mol. The van der Waals surface area contributed by atoms with Crippen LogP contribution in [0.2, 0.25) is 0 Å². The van der Waals surface area contributed by atoms with Crippen LogP contribution in [0.3, 0.4) is 0 Å². The van der Waals surface area contributed by atoms with Crippen molar-refractivity contribution in [1.29, 1.82) is 0 Å². The second kappa shape index (κ2) is 6.11. The molecule has 25 heavy (non-hydrogen) atoms. The van der Waals surface area contributed by atoms with Gasteiger partial charge in [-0.15, -0.1) is 0 Å². The molecule has 4 aliphatic rings. The van der Waals surface area contributed by atoms with Gasteiger partial charge in [-0.25, -0.2) is 4.39 Å². The van der Waals surface area contributed by atoms with E-state index in [4.69, 9.17) is 0 Å². The molecule has 1 aromatic carbocycles. The van der Waals surface area contributed by atoms with Gasteiger partial charge >= 0.3 is 0 Å². The van der Waals surface area contributed by atoms with E-state index in [2.05, 4.69) is 5.32 Å². The predicted molar refractivity (Wildman–Crippen MR) is 93.3 cm³/mol. The van der Waals surface area contributed by atoms with E-state index >= 15 is 0 Å². The molecule has 0 aliphatic heterocycles. The van der Waals surface area contributed by atoms with Crippen molar-refractivity contribution in [1.82, 2.24) is 4.90 Å². The topological polar surface area (TPSA) is 49.4 Å². The van der Waals surface area contributed by atoms with Gasteiger partial charge in [-0.05, 0) is 80.5 Å². The molecule has 0 aromatic heterocycles. The number of hydrogen-bond donors (Lipinski definition) is 1. The second-order valence-corrected chi connectivity index (χ2v) is 8.41. The van der Waals surface area contributed by atoms with Gasteiger partial charge in [0.1, 0.15) is 5.82 Å². The molecule has 0 spiro atoms. The Hall–Kier alpha value is -1.91. The van der Waals surface area contributed by atoms with Gasteiger partial charge in [0.25, 0.3) is 0 Å². The first-order valence-corrected chi connectivity index (χ1v) is 9.24. The van der Waals surface area contributed by atoms with Gasteiger partial charge in [0.15, 0.2) is 0 Å². The van der Waals surface area contributed by atoms with Gasteiger partial charge in [-0.3, -0.25) is 9.59 Å². The van der Waals surface area contributed by atoms with Gasteiger partial charge in [-0.1, -0.05) is 0 Å². The van der Waals surface area contributed by atoms with Crippen molar-refractivity contribution in [3.63, 3.8) is 0 Å². The molecule has 4 fully saturated rings. The summed E-state index contributed by atoms with van der Waals surface area (Å²) in [7, 11) is 1.73. The third-order valence-electron chi connectivity index (χ3n) is 6.35. The van der Waals surface area contributed by atoms with Crippen molar-refractivity contribution >= 4 is 17.5 Å². The fourth-order valence-electron chi connectivity index (χ4n) is 5.80. The van der Waals surface area contributed by atoms with Crippen molar-refractivity contribution in [2.45, 2.75) is 38.5 Å². The lowest BCUT2D eigenvalue weighted by molar-refractivity contribution is -0.157. The molecular formula is C20H25FN2O2. The summed E-state index contributed by atoms with van der Waals surface area (Å²) in [5.41, 5.74) is 0.321. The number of carbonyl (C=O) groups excluding carboxylic acids is 2. The second-order valence-electron chi connectivity index (χ2n) is 8.41. The SMILES string of the molecule is CN(CC(=O)Nc1ccc(F)cc1)C(=O)C12CC3CC(CC(C3)C1)C2. The average molecular weight is 344 g/mol. The highest BCUT2D eigenvalue weighted by molar-refractivity contribution is 5.95. The number of halogens is 1. The summed E-state index contributed by atoms with van der Waals surface area (Å²) >= 11 is 0. The molecule has 0 saturated heterocycles. The molecule has 0 radical (unpaired) electrons. The van der Waals surface area contributed by atoms with Crippen LogP contribution in [0.25, 0.3) is 0 Å². The summed E-state index contributed by atoms with van der Waals surface area (Å²) < 4.78 is 12.9. The van der Waals surface area contributed by atoms with E-state index in [-0.39, 0.29) is 29.6 Å². The minimum Gasteiger partial charge on any atom is -0.336 e. The van der Waals surface area contributed by atoms with Crippen LogP contribution < -0.4 is 5.32 Å². The molecule has 5 rings (SSSR count). The number of anilines is 1. The van der Waals surface area contributed by atoms with Crippen LogP contribution in [0.4, 0.5) is 10.1 Å². The first kappa shape index (κ1) is 16.6.